The van der Waals surface area contributed by atoms with Crippen molar-refractivity contribution in [3.63, 3.8) is 0 Å². The van der Waals surface area contributed by atoms with Gasteiger partial charge in [-0.2, -0.15) is 0 Å². The van der Waals surface area contributed by atoms with Crippen LogP contribution in [0.15, 0.2) is 0 Å². The van der Waals surface area contributed by atoms with Gasteiger partial charge in [0.25, 0.3) is 0 Å². The van der Waals surface area contributed by atoms with Crippen LogP contribution in [0, 0.1) is 5.92 Å². The van der Waals surface area contributed by atoms with Gasteiger partial charge in [-0.05, 0) is 30.5 Å². The van der Waals surface area contributed by atoms with Crippen molar-refractivity contribution in [2.45, 2.75) is 64.5 Å². The third-order valence-corrected chi connectivity index (χ3v) is 8.74. The van der Waals surface area contributed by atoms with Gasteiger partial charge in [-0.15, -0.1) is 0 Å². The highest BCUT2D eigenvalue weighted by Crippen LogP contribution is 2.37. The summed E-state index contributed by atoms with van der Waals surface area (Å²) in [6.45, 7) is 14.5. The molecule has 0 aromatic rings. The molecular weight excluding hydrogens is 232 g/mol. The molecule has 0 aliphatic carbocycles. The summed E-state index contributed by atoms with van der Waals surface area (Å²) in [5.74, 6) is 0.483. The molecule has 0 unspecified atom stereocenters. The zero-order chi connectivity index (χ0) is 13.3. The monoisotopic (exact) mass is 260 g/mol. The maximum atomic E-state index is 8.94. The van der Waals surface area contributed by atoms with E-state index in [1.54, 1.807) is 0 Å². The van der Waals surface area contributed by atoms with Gasteiger partial charge in [0.2, 0.25) is 0 Å². The van der Waals surface area contributed by atoms with Crippen LogP contribution in [0.3, 0.4) is 0 Å². The first-order chi connectivity index (χ1) is 7.69. The normalized spacial score (nSPS) is 27.0. The van der Waals surface area contributed by atoms with E-state index in [0.29, 0.717) is 5.92 Å². The van der Waals surface area contributed by atoms with Crippen LogP contribution in [0.2, 0.25) is 18.1 Å². The Morgan fingerprint density at radius 3 is 2.35 bits per heavy atom. The lowest BCUT2D eigenvalue weighted by atomic mass is 10.0. The average molecular weight is 260 g/mol. The van der Waals surface area contributed by atoms with Crippen LogP contribution in [-0.2, 0) is 9.16 Å². The number of aliphatic hydroxyl groups is 1. The molecule has 0 spiro atoms. The van der Waals surface area contributed by atoms with E-state index in [2.05, 4.69) is 40.8 Å². The lowest BCUT2D eigenvalue weighted by molar-refractivity contribution is 0.228. The third kappa shape index (κ3) is 4.05. The zero-order valence-corrected chi connectivity index (χ0v) is 13.1. The molecule has 0 aromatic heterocycles. The Balaban J connectivity index is 2.24. The molecule has 1 saturated heterocycles. The highest BCUT2D eigenvalue weighted by atomic mass is 28.4. The number of aliphatic hydroxyl groups excluding tert-OH is 1. The van der Waals surface area contributed by atoms with Crippen LogP contribution in [0.5, 0.6) is 0 Å². The summed E-state index contributed by atoms with van der Waals surface area (Å²) in [4.78, 5) is 0. The van der Waals surface area contributed by atoms with Crippen LogP contribution >= 0.6 is 0 Å². The minimum atomic E-state index is -1.60. The predicted octanol–water partition coefficient (Wildman–Crippen LogP) is 2.79. The lowest BCUT2D eigenvalue weighted by Gasteiger charge is -2.36. The SMILES string of the molecule is C[C@@H](CCO[Si](C)(C)C(C)(C)C)[C@@H]1O[C@H]1CO. The summed E-state index contributed by atoms with van der Waals surface area (Å²) in [6.07, 6.45) is 1.36. The molecule has 0 radical (unpaired) electrons. The summed E-state index contributed by atoms with van der Waals surface area (Å²) >= 11 is 0. The Morgan fingerprint density at radius 1 is 1.35 bits per heavy atom. The van der Waals surface area contributed by atoms with E-state index < -0.39 is 8.32 Å². The zero-order valence-electron chi connectivity index (χ0n) is 12.1. The summed E-state index contributed by atoms with van der Waals surface area (Å²) in [5.41, 5.74) is 0. The minimum absolute atomic E-state index is 0.0814. The van der Waals surface area contributed by atoms with Crippen molar-refractivity contribution >= 4 is 8.32 Å². The van der Waals surface area contributed by atoms with E-state index in [1.165, 1.54) is 0 Å². The summed E-state index contributed by atoms with van der Waals surface area (Å²) in [5, 5.41) is 9.22. The molecule has 0 aromatic carbocycles. The Morgan fingerprint density at radius 2 is 1.94 bits per heavy atom. The first kappa shape index (κ1) is 15.2. The second-order valence-electron chi connectivity index (χ2n) is 6.70. The van der Waals surface area contributed by atoms with E-state index in [0.717, 1.165) is 13.0 Å². The molecule has 17 heavy (non-hydrogen) atoms. The van der Waals surface area contributed by atoms with Crippen LogP contribution in [-0.4, -0.2) is 38.8 Å². The van der Waals surface area contributed by atoms with E-state index in [4.69, 9.17) is 14.3 Å². The first-order valence-corrected chi connectivity index (χ1v) is 9.50. The molecule has 0 bridgehead atoms. The average Bonchev–Trinajstić information content (AvgIpc) is 2.94. The van der Waals surface area contributed by atoms with Gasteiger partial charge in [-0.1, -0.05) is 27.7 Å². The quantitative estimate of drug-likeness (QED) is 0.590. The van der Waals surface area contributed by atoms with Crippen molar-refractivity contribution in [3.8, 4) is 0 Å². The van der Waals surface area contributed by atoms with Crippen LogP contribution in [0.25, 0.3) is 0 Å². The molecular formula is C13H28O3Si. The van der Waals surface area contributed by atoms with Crippen LogP contribution < -0.4 is 0 Å². The second kappa shape index (κ2) is 5.39. The lowest BCUT2D eigenvalue weighted by Crippen LogP contribution is -2.41. The number of epoxide rings is 1. The minimum Gasteiger partial charge on any atom is -0.417 e. The maximum Gasteiger partial charge on any atom is 0.191 e. The fraction of sp³-hybridized carbons (Fsp3) is 1.00. The van der Waals surface area contributed by atoms with Crippen molar-refractivity contribution in [1.29, 1.82) is 0 Å². The second-order valence-corrected chi connectivity index (χ2v) is 11.5. The largest absolute Gasteiger partial charge is 0.417 e. The molecule has 4 heteroatoms. The van der Waals surface area contributed by atoms with Gasteiger partial charge in [-0.3, -0.25) is 0 Å². The Kier molecular flexibility index (Phi) is 4.80. The molecule has 0 amide bonds. The molecule has 1 fully saturated rings. The number of rotatable bonds is 6. The molecule has 1 rings (SSSR count). The fourth-order valence-electron chi connectivity index (χ4n) is 1.68. The van der Waals surface area contributed by atoms with Crippen LogP contribution in [0.1, 0.15) is 34.1 Å². The van der Waals surface area contributed by atoms with E-state index >= 15 is 0 Å². The van der Waals surface area contributed by atoms with E-state index in [9.17, 15) is 0 Å². The molecule has 1 N–H and O–H groups in total. The van der Waals surface area contributed by atoms with Gasteiger partial charge < -0.3 is 14.3 Å². The predicted molar refractivity (Wildman–Crippen MR) is 72.7 cm³/mol. The van der Waals surface area contributed by atoms with Crippen molar-refractivity contribution in [3.05, 3.63) is 0 Å². The van der Waals surface area contributed by atoms with E-state index in [1.807, 2.05) is 0 Å². The first-order valence-electron chi connectivity index (χ1n) is 6.59. The topological polar surface area (TPSA) is 42.0 Å². The standard InChI is InChI=1S/C13H28O3Si/c1-10(12-11(9-14)16-12)7-8-15-17(5,6)13(2,3)4/h10-12,14H,7-9H2,1-6H3/t10-,11-,12-/m0/s1. The summed E-state index contributed by atoms with van der Waals surface area (Å²) < 4.78 is 11.5. The molecule has 0 saturated carbocycles. The summed E-state index contributed by atoms with van der Waals surface area (Å²) in [7, 11) is -1.60. The number of hydrogen-bond acceptors (Lipinski definition) is 3. The Hall–Kier alpha value is 0.0969. The third-order valence-electron chi connectivity index (χ3n) is 4.20. The number of ether oxygens (including phenoxy) is 1. The maximum absolute atomic E-state index is 8.94. The van der Waals surface area contributed by atoms with Gasteiger partial charge in [0, 0.05) is 6.61 Å². The number of hydrogen-bond donors (Lipinski definition) is 1. The van der Waals surface area contributed by atoms with Crippen molar-refractivity contribution in [2.75, 3.05) is 13.2 Å². The molecule has 1 aliphatic heterocycles. The van der Waals surface area contributed by atoms with Crippen LogP contribution in [0.4, 0.5) is 0 Å². The molecule has 1 aliphatic rings. The molecule has 3 nitrogen and oxygen atoms in total. The van der Waals surface area contributed by atoms with E-state index in [-0.39, 0.29) is 23.9 Å². The smallest absolute Gasteiger partial charge is 0.191 e. The van der Waals surface area contributed by atoms with Gasteiger partial charge in [0.1, 0.15) is 6.10 Å². The fourth-order valence-corrected chi connectivity index (χ4v) is 2.75. The molecule has 3 atom stereocenters. The molecule has 102 valence electrons. The summed E-state index contributed by atoms with van der Waals surface area (Å²) in [6, 6.07) is 0. The highest BCUT2D eigenvalue weighted by Gasteiger charge is 2.42. The van der Waals surface area contributed by atoms with Crippen molar-refractivity contribution in [2.24, 2.45) is 5.92 Å². The Labute approximate surface area is 107 Å². The van der Waals surface area contributed by atoms with Crippen molar-refractivity contribution < 1.29 is 14.3 Å². The van der Waals surface area contributed by atoms with Gasteiger partial charge in [-0.25, -0.2) is 0 Å². The van der Waals surface area contributed by atoms with Gasteiger partial charge >= 0.3 is 0 Å². The van der Waals surface area contributed by atoms with Gasteiger partial charge in [0.15, 0.2) is 8.32 Å². The highest BCUT2D eigenvalue weighted by molar-refractivity contribution is 6.74. The van der Waals surface area contributed by atoms with Crippen molar-refractivity contribution in [1.82, 2.24) is 0 Å². The molecule has 1 heterocycles. The Bertz CT molecular complexity index is 248. The van der Waals surface area contributed by atoms with Gasteiger partial charge in [0.05, 0.1) is 12.7 Å².